The lowest BCUT2D eigenvalue weighted by Gasteiger charge is -2.06. The monoisotopic (exact) mass is 239 g/mol. The molecule has 0 saturated carbocycles. The van der Waals surface area contributed by atoms with Crippen LogP contribution in [0.15, 0.2) is 22.8 Å². The zero-order chi connectivity index (χ0) is 12.4. The molecule has 0 radical (unpaired) electrons. The summed E-state index contributed by atoms with van der Waals surface area (Å²) in [6.07, 6.45) is 2.18. The Morgan fingerprint density at radius 2 is 2.06 bits per heavy atom. The third-order valence-corrected chi connectivity index (χ3v) is 2.62. The largest absolute Gasteiger partial charge is 0.461 e. The molecule has 1 aromatic carbocycles. The molecule has 0 atom stereocenters. The van der Waals surface area contributed by atoms with Gasteiger partial charge in [0.25, 0.3) is 0 Å². The van der Waals surface area contributed by atoms with E-state index in [0.717, 1.165) is 18.2 Å². The van der Waals surface area contributed by atoms with E-state index in [2.05, 4.69) is 5.32 Å². The summed E-state index contributed by atoms with van der Waals surface area (Å²) in [7, 11) is 0. The molecule has 0 amide bonds. The molecule has 17 heavy (non-hydrogen) atoms. The summed E-state index contributed by atoms with van der Waals surface area (Å²) in [5, 5.41) is 3.77. The molecule has 1 aromatic heterocycles. The standard InChI is InChI=1S/C13H15F2NO/c1-8(2)16-4-3-9-7-17-13-11(9)5-10(14)6-12(13)15/h5-8,16H,3-4H2,1-2H3. The number of fused-ring (bicyclic) bond motifs is 1. The average Bonchev–Trinajstić information content (AvgIpc) is 2.61. The van der Waals surface area contributed by atoms with E-state index >= 15 is 0 Å². The van der Waals surface area contributed by atoms with Gasteiger partial charge in [-0.1, -0.05) is 13.8 Å². The first-order valence-corrected chi connectivity index (χ1v) is 5.66. The van der Waals surface area contributed by atoms with E-state index < -0.39 is 11.6 Å². The fourth-order valence-electron chi connectivity index (χ4n) is 1.80. The average molecular weight is 239 g/mol. The third kappa shape index (κ3) is 2.64. The Balaban J connectivity index is 2.23. The summed E-state index contributed by atoms with van der Waals surface area (Å²) in [4.78, 5) is 0. The third-order valence-electron chi connectivity index (χ3n) is 2.62. The quantitative estimate of drug-likeness (QED) is 0.886. The topological polar surface area (TPSA) is 25.2 Å². The molecular formula is C13H15F2NO. The molecule has 0 spiro atoms. The molecule has 0 aliphatic carbocycles. The summed E-state index contributed by atoms with van der Waals surface area (Å²) in [6, 6.07) is 2.54. The van der Waals surface area contributed by atoms with Gasteiger partial charge in [0.05, 0.1) is 6.26 Å². The van der Waals surface area contributed by atoms with Gasteiger partial charge >= 0.3 is 0 Å². The number of benzene rings is 1. The van der Waals surface area contributed by atoms with Gasteiger partial charge in [0, 0.05) is 17.5 Å². The zero-order valence-corrected chi connectivity index (χ0v) is 9.89. The Morgan fingerprint density at radius 1 is 1.29 bits per heavy atom. The summed E-state index contributed by atoms with van der Waals surface area (Å²) in [6.45, 7) is 4.85. The second kappa shape index (κ2) is 4.84. The fraction of sp³-hybridized carbons (Fsp3) is 0.385. The normalized spacial score (nSPS) is 11.6. The van der Waals surface area contributed by atoms with E-state index in [0.29, 0.717) is 17.8 Å². The van der Waals surface area contributed by atoms with Crippen molar-refractivity contribution < 1.29 is 13.2 Å². The minimum Gasteiger partial charge on any atom is -0.461 e. The van der Waals surface area contributed by atoms with Gasteiger partial charge in [-0.2, -0.15) is 0 Å². The van der Waals surface area contributed by atoms with Crippen LogP contribution >= 0.6 is 0 Å². The summed E-state index contributed by atoms with van der Waals surface area (Å²) in [5.41, 5.74) is 0.956. The van der Waals surface area contributed by atoms with E-state index in [4.69, 9.17) is 4.42 Å². The first kappa shape index (κ1) is 12.0. The van der Waals surface area contributed by atoms with Crippen molar-refractivity contribution in [3.63, 3.8) is 0 Å². The lowest BCUT2D eigenvalue weighted by molar-refractivity contribution is 0.544. The van der Waals surface area contributed by atoms with Gasteiger partial charge in [-0.05, 0) is 24.6 Å². The van der Waals surface area contributed by atoms with E-state index in [1.807, 2.05) is 13.8 Å². The van der Waals surface area contributed by atoms with E-state index in [1.54, 1.807) is 0 Å². The lowest BCUT2D eigenvalue weighted by Crippen LogP contribution is -2.24. The highest BCUT2D eigenvalue weighted by Gasteiger charge is 2.11. The van der Waals surface area contributed by atoms with Gasteiger partial charge in [-0.15, -0.1) is 0 Å². The summed E-state index contributed by atoms with van der Waals surface area (Å²) < 4.78 is 31.6. The van der Waals surface area contributed by atoms with Crippen molar-refractivity contribution in [1.29, 1.82) is 0 Å². The molecule has 1 heterocycles. The Labute approximate surface area is 98.6 Å². The molecule has 4 heteroatoms. The predicted octanol–water partition coefficient (Wildman–Crippen LogP) is 3.25. The Bertz CT molecular complexity index is 519. The van der Waals surface area contributed by atoms with Crippen LogP contribution in [0.1, 0.15) is 19.4 Å². The van der Waals surface area contributed by atoms with Crippen LogP contribution in [-0.4, -0.2) is 12.6 Å². The Morgan fingerprint density at radius 3 is 2.76 bits per heavy atom. The van der Waals surface area contributed by atoms with E-state index in [9.17, 15) is 8.78 Å². The van der Waals surface area contributed by atoms with Gasteiger partial charge in [-0.3, -0.25) is 0 Å². The minimum atomic E-state index is -0.650. The maximum absolute atomic E-state index is 13.4. The van der Waals surface area contributed by atoms with Crippen molar-refractivity contribution in [3.05, 3.63) is 35.6 Å². The van der Waals surface area contributed by atoms with Gasteiger partial charge in [-0.25, -0.2) is 8.78 Å². The number of halogens is 2. The highest BCUT2D eigenvalue weighted by atomic mass is 19.1. The number of rotatable bonds is 4. The SMILES string of the molecule is CC(C)NCCc1coc2c(F)cc(F)cc12. The number of nitrogens with one attached hydrogen (secondary N) is 1. The predicted molar refractivity (Wildman–Crippen MR) is 63.0 cm³/mol. The van der Waals surface area contributed by atoms with Gasteiger partial charge in [0.15, 0.2) is 11.4 Å². The molecule has 92 valence electrons. The minimum absolute atomic E-state index is 0.131. The highest BCUT2D eigenvalue weighted by molar-refractivity contribution is 5.81. The van der Waals surface area contributed by atoms with Gasteiger partial charge in [0.1, 0.15) is 5.82 Å². The van der Waals surface area contributed by atoms with Crippen LogP contribution in [0.25, 0.3) is 11.0 Å². The van der Waals surface area contributed by atoms with Crippen molar-refractivity contribution in [2.24, 2.45) is 0 Å². The fourth-order valence-corrected chi connectivity index (χ4v) is 1.80. The Hall–Kier alpha value is -1.42. The molecule has 0 unspecified atom stereocenters. The smallest absolute Gasteiger partial charge is 0.169 e. The van der Waals surface area contributed by atoms with Crippen molar-refractivity contribution >= 4 is 11.0 Å². The van der Waals surface area contributed by atoms with Crippen molar-refractivity contribution in [2.45, 2.75) is 26.3 Å². The Kier molecular flexibility index (Phi) is 3.43. The molecule has 0 saturated heterocycles. The highest BCUT2D eigenvalue weighted by Crippen LogP contribution is 2.25. The molecular weight excluding hydrogens is 224 g/mol. The van der Waals surface area contributed by atoms with Crippen LogP contribution in [0.4, 0.5) is 8.78 Å². The van der Waals surface area contributed by atoms with Crippen LogP contribution in [0.5, 0.6) is 0 Å². The first-order valence-electron chi connectivity index (χ1n) is 5.66. The number of hydrogen-bond donors (Lipinski definition) is 1. The van der Waals surface area contributed by atoms with Gasteiger partial charge < -0.3 is 9.73 Å². The van der Waals surface area contributed by atoms with Crippen LogP contribution in [0.3, 0.4) is 0 Å². The maximum atomic E-state index is 13.4. The second-order valence-electron chi connectivity index (χ2n) is 4.38. The maximum Gasteiger partial charge on any atom is 0.169 e. The molecule has 0 bridgehead atoms. The van der Waals surface area contributed by atoms with E-state index in [1.165, 1.54) is 12.3 Å². The van der Waals surface area contributed by atoms with Crippen molar-refractivity contribution in [3.8, 4) is 0 Å². The summed E-state index contributed by atoms with van der Waals surface area (Å²) in [5.74, 6) is -1.22. The van der Waals surface area contributed by atoms with E-state index in [-0.39, 0.29) is 5.58 Å². The van der Waals surface area contributed by atoms with Crippen LogP contribution in [-0.2, 0) is 6.42 Å². The van der Waals surface area contributed by atoms with Crippen molar-refractivity contribution in [1.82, 2.24) is 5.32 Å². The summed E-state index contributed by atoms with van der Waals surface area (Å²) >= 11 is 0. The van der Waals surface area contributed by atoms with Crippen LogP contribution < -0.4 is 5.32 Å². The molecule has 0 fully saturated rings. The molecule has 2 rings (SSSR count). The molecule has 0 aliphatic rings. The van der Waals surface area contributed by atoms with Crippen LogP contribution in [0.2, 0.25) is 0 Å². The number of furan rings is 1. The zero-order valence-electron chi connectivity index (χ0n) is 9.89. The first-order chi connectivity index (χ1) is 8.08. The molecule has 2 aromatic rings. The lowest BCUT2D eigenvalue weighted by atomic mass is 10.1. The van der Waals surface area contributed by atoms with Gasteiger partial charge in [0.2, 0.25) is 0 Å². The second-order valence-corrected chi connectivity index (χ2v) is 4.38. The molecule has 0 aliphatic heterocycles. The van der Waals surface area contributed by atoms with Crippen molar-refractivity contribution in [2.75, 3.05) is 6.54 Å². The molecule has 2 nitrogen and oxygen atoms in total. The molecule has 1 N–H and O–H groups in total. The number of hydrogen-bond acceptors (Lipinski definition) is 2. The van der Waals surface area contributed by atoms with Crippen LogP contribution in [0, 0.1) is 11.6 Å².